The van der Waals surface area contributed by atoms with E-state index in [1.54, 1.807) is 6.26 Å². The van der Waals surface area contributed by atoms with Gasteiger partial charge in [-0.2, -0.15) is 0 Å². The van der Waals surface area contributed by atoms with Gasteiger partial charge in [-0.1, -0.05) is 22.9 Å². The van der Waals surface area contributed by atoms with E-state index < -0.39 is 0 Å². The van der Waals surface area contributed by atoms with Crippen LogP contribution in [0.4, 0.5) is 0 Å². The van der Waals surface area contributed by atoms with E-state index in [-0.39, 0.29) is 0 Å². The molecule has 0 amide bonds. The van der Waals surface area contributed by atoms with Crippen molar-refractivity contribution in [2.45, 2.75) is 26.5 Å². The van der Waals surface area contributed by atoms with Crippen LogP contribution < -0.4 is 10.1 Å². The summed E-state index contributed by atoms with van der Waals surface area (Å²) in [7, 11) is 0. The maximum Gasteiger partial charge on any atom is 0.146 e. The maximum atomic E-state index is 5.79. The Morgan fingerprint density at radius 3 is 2.85 bits per heavy atom. The van der Waals surface area contributed by atoms with E-state index in [4.69, 9.17) is 9.15 Å². The number of hydrogen-bond acceptors (Lipinski definition) is 3. The highest BCUT2D eigenvalue weighted by Crippen LogP contribution is 2.29. The number of nitrogens with one attached hydrogen (secondary N) is 1. The molecule has 20 heavy (non-hydrogen) atoms. The van der Waals surface area contributed by atoms with Crippen LogP contribution in [0, 0.1) is 0 Å². The van der Waals surface area contributed by atoms with E-state index in [9.17, 15) is 0 Å². The van der Waals surface area contributed by atoms with Crippen molar-refractivity contribution < 1.29 is 9.15 Å². The molecule has 0 fully saturated rings. The van der Waals surface area contributed by atoms with E-state index in [0.717, 1.165) is 45.5 Å². The lowest BCUT2D eigenvalue weighted by Gasteiger charge is -2.09. The molecule has 0 aliphatic carbocycles. The summed E-state index contributed by atoms with van der Waals surface area (Å²) in [5.74, 6) is 1.67. The van der Waals surface area contributed by atoms with Gasteiger partial charge in [0.2, 0.25) is 0 Å². The van der Waals surface area contributed by atoms with Gasteiger partial charge in [0.05, 0.1) is 10.7 Å². The molecule has 3 nitrogen and oxygen atoms in total. The highest BCUT2D eigenvalue weighted by Gasteiger charge is 2.08. The average Bonchev–Trinajstić information content (AvgIpc) is 2.86. The third kappa shape index (κ3) is 4.36. The van der Waals surface area contributed by atoms with Crippen LogP contribution in [-0.4, -0.2) is 6.54 Å². The highest BCUT2D eigenvalue weighted by atomic mass is 79.9. The van der Waals surface area contributed by atoms with Gasteiger partial charge in [-0.05, 0) is 53.2 Å². The number of benzene rings is 1. The molecule has 108 valence electrons. The van der Waals surface area contributed by atoms with Crippen molar-refractivity contribution in [2.75, 3.05) is 6.54 Å². The van der Waals surface area contributed by atoms with Crippen molar-refractivity contribution in [3.05, 3.63) is 50.8 Å². The number of halogens is 2. The Morgan fingerprint density at radius 1 is 1.25 bits per heavy atom. The summed E-state index contributed by atoms with van der Waals surface area (Å²) in [5.41, 5.74) is 1.15. The molecule has 0 unspecified atom stereocenters. The van der Waals surface area contributed by atoms with E-state index in [2.05, 4.69) is 44.1 Å². The third-order valence-electron chi connectivity index (χ3n) is 2.83. The zero-order valence-electron chi connectivity index (χ0n) is 11.3. The van der Waals surface area contributed by atoms with Crippen molar-refractivity contribution >= 4 is 31.9 Å². The molecule has 0 bridgehead atoms. The Bertz CT molecular complexity index is 555. The van der Waals surface area contributed by atoms with Crippen molar-refractivity contribution in [3.8, 4) is 5.75 Å². The van der Waals surface area contributed by atoms with Crippen LogP contribution in [0.5, 0.6) is 5.75 Å². The Hall–Kier alpha value is -0.780. The van der Waals surface area contributed by atoms with Gasteiger partial charge in [0.15, 0.2) is 0 Å². The highest BCUT2D eigenvalue weighted by molar-refractivity contribution is 9.11. The molecular formula is C15H17Br2NO2. The molecule has 1 heterocycles. The first-order chi connectivity index (χ1) is 9.70. The van der Waals surface area contributed by atoms with E-state index in [0.29, 0.717) is 6.61 Å². The van der Waals surface area contributed by atoms with Crippen LogP contribution in [0.15, 0.2) is 43.9 Å². The second-order valence-corrected chi connectivity index (χ2v) is 6.18. The molecule has 1 aromatic carbocycles. The van der Waals surface area contributed by atoms with Crippen molar-refractivity contribution in [1.29, 1.82) is 0 Å². The van der Waals surface area contributed by atoms with Gasteiger partial charge in [0.25, 0.3) is 0 Å². The minimum Gasteiger partial charge on any atom is -0.484 e. The molecule has 0 atom stereocenters. The molecule has 0 saturated heterocycles. The van der Waals surface area contributed by atoms with Gasteiger partial charge in [0.1, 0.15) is 18.1 Å². The predicted molar refractivity (Wildman–Crippen MR) is 86.9 cm³/mol. The lowest BCUT2D eigenvalue weighted by Crippen LogP contribution is -2.14. The lowest BCUT2D eigenvalue weighted by molar-refractivity contribution is 0.266. The second-order valence-electron chi connectivity index (χ2n) is 4.41. The van der Waals surface area contributed by atoms with Crippen LogP contribution in [0.3, 0.4) is 0 Å². The number of rotatable bonds is 7. The third-order valence-corrected chi connectivity index (χ3v) is 3.95. The molecule has 1 aromatic heterocycles. The van der Waals surface area contributed by atoms with Gasteiger partial charge in [0, 0.05) is 16.6 Å². The molecular weight excluding hydrogens is 386 g/mol. The van der Waals surface area contributed by atoms with Gasteiger partial charge < -0.3 is 14.5 Å². The van der Waals surface area contributed by atoms with Gasteiger partial charge in [-0.15, -0.1) is 0 Å². The Balaban J connectivity index is 1.95. The molecule has 1 N–H and O–H groups in total. The molecule has 2 rings (SSSR count). The van der Waals surface area contributed by atoms with Gasteiger partial charge >= 0.3 is 0 Å². The summed E-state index contributed by atoms with van der Waals surface area (Å²) in [4.78, 5) is 0. The fourth-order valence-corrected chi connectivity index (χ4v) is 2.95. The zero-order valence-corrected chi connectivity index (χ0v) is 14.5. The molecule has 0 radical (unpaired) electrons. The summed E-state index contributed by atoms with van der Waals surface area (Å²) in [5, 5.41) is 3.36. The van der Waals surface area contributed by atoms with Crippen LogP contribution in [0.1, 0.15) is 24.7 Å². The Kier molecular flexibility index (Phi) is 6.13. The topological polar surface area (TPSA) is 34.4 Å². The summed E-state index contributed by atoms with van der Waals surface area (Å²) in [6.07, 6.45) is 2.83. The van der Waals surface area contributed by atoms with Gasteiger partial charge in [-0.25, -0.2) is 0 Å². The van der Waals surface area contributed by atoms with Crippen molar-refractivity contribution in [3.63, 3.8) is 0 Å². The largest absolute Gasteiger partial charge is 0.484 e. The molecule has 5 heteroatoms. The predicted octanol–water partition coefficient (Wildman–Crippen LogP) is 4.88. The normalized spacial score (nSPS) is 10.8. The SMILES string of the molecule is CCCNCc1ccoc1COc1ccc(Br)cc1Br. The molecule has 0 spiro atoms. The first-order valence-electron chi connectivity index (χ1n) is 6.54. The van der Waals surface area contributed by atoms with Gasteiger partial charge in [-0.3, -0.25) is 0 Å². The minimum atomic E-state index is 0.427. The summed E-state index contributed by atoms with van der Waals surface area (Å²) < 4.78 is 13.2. The number of ether oxygens (including phenoxy) is 1. The second kappa shape index (κ2) is 7.86. The Morgan fingerprint density at radius 2 is 2.10 bits per heavy atom. The van der Waals surface area contributed by atoms with E-state index in [1.165, 1.54) is 0 Å². The number of furan rings is 1. The smallest absolute Gasteiger partial charge is 0.146 e. The molecule has 0 aliphatic rings. The quantitative estimate of drug-likeness (QED) is 0.670. The molecule has 2 aromatic rings. The molecule has 0 saturated carbocycles. The fraction of sp³-hybridized carbons (Fsp3) is 0.333. The zero-order chi connectivity index (χ0) is 14.4. The molecule has 0 aliphatic heterocycles. The van der Waals surface area contributed by atoms with Crippen LogP contribution in [0.25, 0.3) is 0 Å². The summed E-state index contributed by atoms with van der Waals surface area (Å²) in [6.45, 7) is 4.39. The average molecular weight is 403 g/mol. The first-order valence-corrected chi connectivity index (χ1v) is 8.13. The fourth-order valence-electron chi connectivity index (χ4n) is 1.79. The monoisotopic (exact) mass is 401 g/mol. The Labute approximate surface area is 136 Å². The lowest BCUT2D eigenvalue weighted by atomic mass is 10.2. The first kappa shape index (κ1) is 15.6. The maximum absolute atomic E-state index is 5.79. The van der Waals surface area contributed by atoms with Crippen molar-refractivity contribution in [2.24, 2.45) is 0 Å². The van der Waals surface area contributed by atoms with Crippen molar-refractivity contribution in [1.82, 2.24) is 5.32 Å². The van der Waals surface area contributed by atoms with Crippen LogP contribution in [-0.2, 0) is 13.2 Å². The van der Waals surface area contributed by atoms with Crippen LogP contribution in [0.2, 0.25) is 0 Å². The van der Waals surface area contributed by atoms with E-state index >= 15 is 0 Å². The standard InChI is InChI=1S/C15H17Br2NO2/c1-2-6-18-9-11-5-7-19-15(11)10-20-14-4-3-12(16)8-13(14)17/h3-5,7-8,18H,2,6,9-10H2,1H3. The summed E-state index contributed by atoms with van der Waals surface area (Å²) >= 11 is 6.90. The minimum absolute atomic E-state index is 0.427. The summed E-state index contributed by atoms with van der Waals surface area (Å²) in [6, 6.07) is 7.82. The van der Waals surface area contributed by atoms with Crippen LogP contribution >= 0.6 is 31.9 Å². The van der Waals surface area contributed by atoms with E-state index in [1.807, 2.05) is 24.3 Å². The number of hydrogen-bond donors (Lipinski definition) is 1.